The lowest BCUT2D eigenvalue weighted by Gasteiger charge is -2.32. The number of nitrogens with zero attached hydrogens (tertiary/aromatic N) is 9. The molecule has 0 spiro atoms. The van der Waals surface area contributed by atoms with Gasteiger partial charge in [-0.15, -0.1) is 10.2 Å². The molecule has 4 rings (SSSR count). The van der Waals surface area contributed by atoms with Gasteiger partial charge in [0.25, 0.3) is 5.78 Å². The summed E-state index contributed by atoms with van der Waals surface area (Å²) < 4.78 is 1.67. The molecule has 4 heterocycles. The highest BCUT2D eigenvalue weighted by molar-refractivity contribution is 5.58. The number of hydrogen-bond donors (Lipinski definition) is 0. The molecule has 0 aliphatic carbocycles. The van der Waals surface area contributed by atoms with Crippen LogP contribution < -0.4 is 4.90 Å². The van der Waals surface area contributed by atoms with E-state index in [0.717, 1.165) is 43.5 Å². The summed E-state index contributed by atoms with van der Waals surface area (Å²) in [5.41, 5.74) is 2.30. The van der Waals surface area contributed by atoms with Gasteiger partial charge in [-0.2, -0.15) is 14.6 Å². The van der Waals surface area contributed by atoms with Crippen molar-refractivity contribution >= 4 is 11.7 Å². The first-order valence-electron chi connectivity index (χ1n) is 7.52. The van der Waals surface area contributed by atoms with E-state index in [1.165, 1.54) is 6.33 Å². The molecule has 3 aromatic rings. The van der Waals surface area contributed by atoms with Gasteiger partial charge in [0.05, 0.1) is 11.4 Å². The molecule has 0 unspecified atom stereocenters. The van der Waals surface area contributed by atoms with Crippen LogP contribution in [0, 0.1) is 6.92 Å². The summed E-state index contributed by atoms with van der Waals surface area (Å²) in [6.45, 7) is 5.80. The van der Waals surface area contributed by atoms with Crippen molar-refractivity contribution in [1.82, 2.24) is 39.7 Å². The number of aryl methyl sites for hydroxylation is 1. The van der Waals surface area contributed by atoms with Gasteiger partial charge in [-0.3, -0.25) is 0 Å². The lowest BCUT2D eigenvalue weighted by atomic mass is 10.2. The van der Waals surface area contributed by atoms with Gasteiger partial charge in [-0.1, -0.05) is 0 Å². The fourth-order valence-electron chi connectivity index (χ4n) is 2.68. The highest BCUT2D eigenvalue weighted by atomic mass is 15.4. The maximum Gasteiger partial charge on any atom is 0.271 e. The van der Waals surface area contributed by atoms with Gasteiger partial charge in [0, 0.05) is 32.4 Å². The van der Waals surface area contributed by atoms with Crippen molar-refractivity contribution in [1.29, 1.82) is 0 Å². The van der Waals surface area contributed by atoms with Gasteiger partial charge < -0.3 is 9.80 Å². The van der Waals surface area contributed by atoms with E-state index in [1.54, 1.807) is 10.7 Å². The maximum absolute atomic E-state index is 4.68. The first-order chi connectivity index (χ1) is 11.2. The maximum atomic E-state index is 4.68. The zero-order valence-electron chi connectivity index (χ0n) is 13.1. The minimum atomic E-state index is 0.486. The zero-order valence-corrected chi connectivity index (χ0v) is 13.1. The normalized spacial score (nSPS) is 16.2. The van der Waals surface area contributed by atoms with Gasteiger partial charge in [0.2, 0.25) is 5.95 Å². The van der Waals surface area contributed by atoms with Crippen LogP contribution in [0.3, 0.4) is 0 Å². The van der Waals surface area contributed by atoms with E-state index in [1.807, 2.05) is 13.0 Å². The second kappa shape index (κ2) is 5.51. The highest BCUT2D eigenvalue weighted by Crippen LogP contribution is 2.20. The minimum absolute atomic E-state index is 0.486. The second-order valence-electron chi connectivity index (χ2n) is 5.64. The second-order valence-corrected chi connectivity index (χ2v) is 5.64. The summed E-state index contributed by atoms with van der Waals surface area (Å²) in [5.74, 6) is 1.22. The van der Waals surface area contributed by atoms with Crippen molar-refractivity contribution < 1.29 is 0 Å². The Labute approximate surface area is 133 Å². The van der Waals surface area contributed by atoms with Crippen LogP contribution in [0.4, 0.5) is 5.95 Å². The topological polar surface area (TPSA) is 88.2 Å². The summed E-state index contributed by atoms with van der Waals surface area (Å²) in [7, 11) is 2.13. The smallest absolute Gasteiger partial charge is 0.271 e. The van der Waals surface area contributed by atoms with Crippen LogP contribution in [0.2, 0.25) is 0 Å². The SMILES string of the molecule is Cc1c(-c2ccnc(N3CCN(C)CC3)n2)nnc2ncnn12. The lowest BCUT2D eigenvalue weighted by Crippen LogP contribution is -2.45. The Morgan fingerprint density at radius 2 is 1.87 bits per heavy atom. The van der Waals surface area contributed by atoms with E-state index < -0.39 is 0 Å². The summed E-state index contributed by atoms with van der Waals surface area (Å²) in [4.78, 5) is 17.6. The van der Waals surface area contributed by atoms with E-state index in [-0.39, 0.29) is 0 Å². The van der Waals surface area contributed by atoms with E-state index >= 15 is 0 Å². The van der Waals surface area contributed by atoms with E-state index in [2.05, 4.69) is 47.1 Å². The van der Waals surface area contributed by atoms with Crippen LogP contribution in [0.5, 0.6) is 0 Å². The van der Waals surface area contributed by atoms with Gasteiger partial charge in [0.15, 0.2) is 0 Å². The third kappa shape index (κ3) is 2.48. The molecule has 1 aliphatic rings. The predicted molar refractivity (Wildman–Crippen MR) is 84.1 cm³/mol. The summed E-state index contributed by atoms with van der Waals surface area (Å²) in [5, 5.41) is 12.5. The fraction of sp³-hybridized carbons (Fsp3) is 0.429. The number of hydrogen-bond acceptors (Lipinski definition) is 8. The monoisotopic (exact) mass is 311 g/mol. The number of aromatic nitrogens is 7. The molecule has 0 atom stereocenters. The van der Waals surface area contributed by atoms with Crippen LogP contribution in [0.25, 0.3) is 17.2 Å². The molecule has 0 saturated carbocycles. The van der Waals surface area contributed by atoms with Crippen molar-refractivity contribution in [2.45, 2.75) is 6.92 Å². The molecular formula is C14H17N9. The molecule has 0 aromatic carbocycles. The Hall–Kier alpha value is -2.68. The molecule has 3 aromatic heterocycles. The Morgan fingerprint density at radius 3 is 2.70 bits per heavy atom. The number of likely N-dealkylation sites (N-methyl/N-ethyl adjacent to an activating group) is 1. The number of fused-ring (bicyclic) bond motifs is 1. The minimum Gasteiger partial charge on any atom is -0.338 e. The zero-order chi connectivity index (χ0) is 15.8. The standard InChI is InChI=1S/C14H17N9/c1-10-12(19-20-14-16-9-17-23(10)14)11-3-4-15-13(18-11)22-7-5-21(2)6-8-22/h3-4,9H,5-8H2,1-2H3. The number of piperazine rings is 1. The Balaban J connectivity index is 1.71. The molecular weight excluding hydrogens is 294 g/mol. The molecule has 0 N–H and O–H groups in total. The molecule has 1 aliphatic heterocycles. The summed E-state index contributed by atoms with van der Waals surface area (Å²) in [6.07, 6.45) is 3.24. The van der Waals surface area contributed by atoms with Gasteiger partial charge in [-0.25, -0.2) is 9.97 Å². The first kappa shape index (κ1) is 13.9. The molecule has 0 amide bonds. The third-order valence-electron chi connectivity index (χ3n) is 4.10. The van der Waals surface area contributed by atoms with Gasteiger partial charge in [-0.05, 0) is 20.0 Å². The van der Waals surface area contributed by atoms with Crippen LogP contribution in [0.15, 0.2) is 18.6 Å². The van der Waals surface area contributed by atoms with Crippen molar-refractivity contribution in [3.63, 3.8) is 0 Å². The molecule has 0 bridgehead atoms. The average Bonchev–Trinajstić information content (AvgIpc) is 3.06. The fourth-order valence-corrected chi connectivity index (χ4v) is 2.68. The molecule has 1 saturated heterocycles. The number of rotatable bonds is 2. The van der Waals surface area contributed by atoms with E-state index in [0.29, 0.717) is 11.5 Å². The molecule has 1 fully saturated rings. The molecule has 0 radical (unpaired) electrons. The Bertz CT molecular complexity index is 835. The lowest BCUT2D eigenvalue weighted by molar-refractivity contribution is 0.311. The molecule has 23 heavy (non-hydrogen) atoms. The van der Waals surface area contributed by atoms with Crippen LogP contribution in [0.1, 0.15) is 5.69 Å². The summed E-state index contributed by atoms with van der Waals surface area (Å²) in [6, 6.07) is 1.85. The first-order valence-corrected chi connectivity index (χ1v) is 7.52. The van der Waals surface area contributed by atoms with E-state index in [4.69, 9.17) is 0 Å². The van der Waals surface area contributed by atoms with Crippen molar-refractivity contribution in [2.24, 2.45) is 0 Å². The van der Waals surface area contributed by atoms with Gasteiger partial charge in [0.1, 0.15) is 12.0 Å². The quantitative estimate of drug-likeness (QED) is 0.655. The van der Waals surface area contributed by atoms with Gasteiger partial charge >= 0.3 is 0 Å². The Kier molecular flexibility index (Phi) is 3.34. The largest absolute Gasteiger partial charge is 0.338 e. The predicted octanol–water partition coefficient (Wildman–Crippen LogP) is 0.0365. The van der Waals surface area contributed by atoms with Crippen molar-refractivity contribution in [3.05, 3.63) is 24.3 Å². The highest BCUT2D eigenvalue weighted by Gasteiger charge is 2.18. The number of anilines is 1. The molecule has 9 heteroatoms. The van der Waals surface area contributed by atoms with Crippen molar-refractivity contribution in [2.75, 3.05) is 38.1 Å². The Morgan fingerprint density at radius 1 is 1.04 bits per heavy atom. The molecule has 9 nitrogen and oxygen atoms in total. The van der Waals surface area contributed by atoms with Crippen molar-refractivity contribution in [3.8, 4) is 11.4 Å². The average molecular weight is 311 g/mol. The van der Waals surface area contributed by atoms with Crippen LogP contribution in [-0.4, -0.2) is 72.9 Å². The summed E-state index contributed by atoms with van der Waals surface area (Å²) >= 11 is 0. The van der Waals surface area contributed by atoms with E-state index in [9.17, 15) is 0 Å². The third-order valence-corrected chi connectivity index (χ3v) is 4.10. The van der Waals surface area contributed by atoms with Crippen LogP contribution in [-0.2, 0) is 0 Å². The van der Waals surface area contributed by atoms with Crippen LogP contribution >= 0.6 is 0 Å². The molecule has 118 valence electrons.